The quantitative estimate of drug-likeness (QED) is 0.669. The lowest BCUT2D eigenvalue weighted by molar-refractivity contribution is -0.385. The van der Waals surface area contributed by atoms with Gasteiger partial charge in [0, 0.05) is 6.04 Å². The topological polar surface area (TPSA) is 72.2 Å². The lowest BCUT2D eigenvalue weighted by Gasteiger charge is -2.17. The molecule has 1 amide bonds. The third-order valence-corrected chi connectivity index (χ3v) is 4.28. The molecule has 2 aliphatic rings. The Morgan fingerprint density at radius 3 is 2.40 bits per heavy atom. The molecule has 0 aliphatic heterocycles. The number of benzene rings is 1. The number of nitrogens with zero attached hydrogens (tertiary/aromatic N) is 1. The molecule has 0 unspecified atom stereocenters. The number of para-hydroxylation sites is 1. The van der Waals surface area contributed by atoms with Crippen molar-refractivity contribution in [1.29, 1.82) is 0 Å². The van der Waals surface area contributed by atoms with Gasteiger partial charge in [-0.15, -0.1) is 0 Å². The van der Waals surface area contributed by atoms with Gasteiger partial charge >= 0.3 is 5.69 Å². The Balaban J connectivity index is 1.83. The molecule has 0 radical (unpaired) electrons. The minimum atomic E-state index is -0.597. The Hall–Kier alpha value is -1.62. The number of carbonyl (C=O) groups excluding carboxylic acids is 1. The molecule has 6 heteroatoms. The van der Waals surface area contributed by atoms with E-state index in [1.165, 1.54) is 12.1 Å². The van der Waals surface area contributed by atoms with Crippen molar-refractivity contribution in [3.05, 3.63) is 38.9 Å². The zero-order chi connectivity index (χ0) is 14.3. The maximum absolute atomic E-state index is 12.3. The number of nitrogens with one attached hydrogen (secondary N) is 1. The first-order chi connectivity index (χ1) is 9.58. The molecule has 0 bridgehead atoms. The summed E-state index contributed by atoms with van der Waals surface area (Å²) in [5.74, 6) is 0.706. The van der Waals surface area contributed by atoms with Crippen molar-refractivity contribution in [2.75, 3.05) is 0 Å². The number of nitro groups is 1. The van der Waals surface area contributed by atoms with E-state index in [4.69, 9.17) is 11.6 Å². The second-order valence-electron chi connectivity index (χ2n) is 5.57. The van der Waals surface area contributed by atoms with Crippen LogP contribution >= 0.6 is 11.6 Å². The van der Waals surface area contributed by atoms with E-state index in [1.54, 1.807) is 6.07 Å². The summed E-state index contributed by atoms with van der Waals surface area (Å²) < 4.78 is 0. The first-order valence-electron chi connectivity index (χ1n) is 6.81. The van der Waals surface area contributed by atoms with Crippen molar-refractivity contribution in [2.24, 2.45) is 11.8 Å². The molecule has 1 aromatic rings. The van der Waals surface area contributed by atoms with Crippen LogP contribution in [0.3, 0.4) is 0 Å². The first-order valence-corrected chi connectivity index (χ1v) is 7.19. The molecule has 2 fully saturated rings. The van der Waals surface area contributed by atoms with E-state index in [1.807, 2.05) is 0 Å². The Labute approximate surface area is 121 Å². The van der Waals surface area contributed by atoms with Gasteiger partial charge in [-0.05, 0) is 49.7 Å². The van der Waals surface area contributed by atoms with E-state index in [0.717, 1.165) is 25.7 Å². The third kappa shape index (κ3) is 2.63. The van der Waals surface area contributed by atoms with Crippen LogP contribution in [0.15, 0.2) is 18.2 Å². The van der Waals surface area contributed by atoms with Crippen molar-refractivity contribution < 1.29 is 9.72 Å². The molecule has 2 aliphatic carbocycles. The molecule has 0 heterocycles. The normalized spacial score (nSPS) is 18.1. The first kappa shape index (κ1) is 13.4. The largest absolute Gasteiger partial charge is 0.349 e. The van der Waals surface area contributed by atoms with Crippen LogP contribution < -0.4 is 5.32 Å². The van der Waals surface area contributed by atoms with Gasteiger partial charge in [-0.1, -0.05) is 17.7 Å². The molecule has 2 saturated carbocycles. The number of halogens is 1. The van der Waals surface area contributed by atoms with E-state index in [2.05, 4.69) is 5.32 Å². The van der Waals surface area contributed by atoms with Crippen LogP contribution in [0.4, 0.5) is 5.69 Å². The van der Waals surface area contributed by atoms with Crippen molar-refractivity contribution in [2.45, 2.75) is 31.7 Å². The summed E-state index contributed by atoms with van der Waals surface area (Å²) in [6, 6.07) is 4.61. The number of rotatable bonds is 5. The van der Waals surface area contributed by atoms with E-state index in [0.29, 0.717) is 11.8 Å². The average molecular weight is 295 g/mol. The number of amides is 1. The van der Waals surface area contributed by atoms with Crippen LogP contribution in [-0.2, 0) is 0 Å². The van der Waals surface area contributed by atoms with Gasteiger partial charge in [-0.2, -0.15) is 0 Å². The lowest BCUT2D eigenvalue weighted by Crippen LogP contribution is -2.38. The Bertz CT molecular complexity index is 556. The fraction of sp³-hybridized carbons (Fsp3) is 0.500. The molecule has 1 aromatic carbocycles. The molecular formula is C14H15ClN2O3. The molecule has 0 atom stereocenters. The summed E-state index contributed by atoms with van der Waals surface area (Å²) in [5.41, 5.74) is -0.259. The molecule has 1 N–H and O–H groups in total. The second-order valence-corrected chi connectivity index (χ2v) is 5.97. The van der Waals surface area contributed by atoms with Gasteiger partial charge in [-0.25, -0.2) is 0 Å². The highest BCUT2D eigenvalue weighted by Gasteiger charge is 2.42. The van der Waals surface area contributed by atoms with Gasteiger partial charge in [0.05, 0.1) is 4.92 Å². The van der Waals surface area contributed by atoms with Crippen LogP contribution in [0.2, 0.25) is 5.02 Å². The van der Waals surface area contributed by atoms with E-state index >= 15 is 0 Å². The van der Waals surface area contributed by atoms with Crippen LogP contribution in [-0.4, -0.2) is 16.9 Å². The number of hydrogen-bond donors (Lipinski definition) is 1. The molecule has 3 rings (SSSR count). The highest BCUT2D eigenvalue weighted by molar-refractivity contribution is 6.33. The summed E-state index contributed by atoms with van der Waals surface area (Å²) in [7, 11) is 0. The predicted molar refractivity (Wildman–Crippen MR) is 74.8 cm³/mol. The van der Waals surface area contributed by atoms with Gasteiger partial charge < -0.3 is 5.32 Å². The average Bonchev–Trinajstić information content (AvgIpc) is 3.28. The maximum Gasteiger partial charge on any atom is 0.300 e. The lowest BCUT2D eigenvalue weighted by atomic mass is 10.1. The van der Waals surface area contributed by atoms with E-state index in [-0.39, 0.29) is 28.2 Å². The molecule has 5 nitrogen and oxygen atoms in total. The fourth-order valence-corrected chi connectivity index (χ4v) is 2.89. The Morgan fingerprint density at radius 2 is 1.90 bits per heavy atom. The minimum absolute atomic E-state index is 0.00274. The molecule has 106 valence electrons. The standard InChI is InChI=1S/C14H15ClN2O3/c15-11-3-1-2-10(13(11)17(19)20)14(18)16-12(8-4-5-8)9-6-7-9/h1-3,8-9,12H,4-7H2,(H,16,18). The fourth-order valence-electron chi connectivity index (χ4n) is 2.64. The summed E-state index contributed by atoms with van der Waals surface area (Å²) in [5, 5.41) is 14.0. The third-order valence-electron chi connectivity index (χ3n) is 3.97. The number of hydrogen-bond acceptors (Lipinski definition) is 3. The smallest absolute Gasteiger partial charge is 0.300 e. The molecule has 0 aromatic heterocycles. The van der Waals surface area contributed by atoms with Crippen molar-refractivity contribution in [1.82, 2.24) is 5.32 Å². The maximum atomic E-state index is 12.3. The minimum Gasteiger partial charge on any atom is -0.349 e. The van der Waals surface area contributed by atoms with Crippen molar-refractivity contribution in [3.63, 3.8) is 0 Å². The van der Waals surface area contributed by atoms with E-state index < -0.39 is 4.92 Å². The second kappa shape index (κ2) is 5.05. The van der Waals surface area contributed by atoms with Crippen LogP contribution in [0, 0.1) is 22.0 Å². The Kier molecular flexibility index (Phi) is 3.38. The number of carbonyl (C=O) groups is 1. The SMILES string of the molecule is O=C(NC(C1CC1)C1CC1)c1cccc(Cl)c1[N+](=O)[O-]. The molecule has 0 saturated heterocycles. The van der Waals surface area contributed by atoms with Gasteiger partial charge in [-0.3, -0.25) is 14.9 Å². The summed E-state index contributed by atoms with van der Waals surface area (Å²) >= 11 is 5.83. The van der Waals surface area contributed by atoms with Crippen LogP contribution in [0.1, 0.15) is 36.0 Å². The monoisotopic (exact) mass is 294 g/mol. The predicted octanol–water partition coefficient (Wildman–Crippen LogP) is 3.17. The van der Waals surface area contributed by atoms with Gasteiger partial charge in [0.1, 0.15) is 10.6 Å². The zero-order valence-electron chi connectivity index (χ0n) is 10.8. The van der Waals surface area contributed by atoms with E-state index in [9.17, 15) is 14.9 Å². The zero-order valence-corrected chi connectivity index (χ0v) is 11.6. The van der Waals surface area contributed by atoms with Crippen molar-refractivity contribution >= 4 is 23.2 Å². The Morgan fingerprint density at radius 1 is 1.30 bits per heavy atom. The summed E-state index contributed by atoms with van der Waals surface area (Å²) in [6.45, 7) is 0. The number of nitro benzene ring substituents is 1. The highest BCUT2D eigenvalue weighted by atomic mass is 35.5. The summed E-state index contributed by atoms with van der Waals surface area (Å²) in [6.07, 6.45) is 4.55. The van der Waals surface area contributed by atoms with Gasteiger partial charge in [0.15, 0.2) is 0 Å². The van der Waals surface area contributed by atoms with Crippen LogP contribution in [0.5, 0.6) is 0 Å². The molecular weight excluding hydrogens is 280 g/mol. The van der Waals surface area contributed by atoms with Crippen LogP contribution in [0.25, 0.3) is 0 Å². The molecule has 0 spiro atoms. The van der Waals surface area contributed by atoms with Crippen molar-refractivity contribution in [3.8, 4) is 0 Å². The highest BCUT2D eigenvalue weighted by Crippen LogP contribution is 2.44. The van der Waals surface area contributed by atoms with Gasteiger partial charge in [0.25, 0.3) is 5.91 Å². The van der Waals surface area contributed by atoms with Gasteiger partial charge in [0.2, 0.25) is 0 Å². The molecule has 20 heavy (non-hydrogen) atoms. The summed E-state index contributed by atoms with van der Waals surface area (Å²) in [4.78, 5) is 22.8.